The van der Waals surface area contributed by atoms with Crippen molar-refractivity contribution in [1.29, 1.82) is 0 Å². The van der Waals surface area contributed by atoms with Gasteiger partial charge in [-0.15, -0.1) is 0 Å². The number of ether oxygens (including phenoxy) is 1. The molecule has 3 saturated carbocycles. The first-order chi connectivity index (χ1) is 16.9. The van der Waals surface area contributed by atoms with Gasteiger partial charge in [-0.1, -0.05) is 48.5 Å². The molecule has 0 heterocycles. The lowest BCUT2D eigenvalue weighted by atomic mass is 9.71. The Morgan fingerprint density at radius 1 is 0.943 bits per heavy atom. The van der Waals surface area contributed by atoms with Crippen molar-refractivity contribution < 1.29 is 24.2 Å². The smallest absolute Gasteiger partial charge is 0.407 e. The summed E-state index contributed by atoms with van der Waals surface area (Å²) >= 11 is 0. The van der Waals surface area contributed by atoms with Gasteiger partial charge in [0.15, 0.2) is 0 Å². The zero-order valence-corrected chi connectivity index (χ0v) is 19.5. The molecule has 7 heteroatoms. The van der Waals surface area contributed by atoms with E-state index in [9.17, 15) is 19.5 Å². The fraction of sp³-hybridized carbons (Fsp3) is 0.464. The summed E-state index contributed by atoms with van der Waals surface area (Å²) in [6.07, 6.45) is 3.25. The van der Waals surface area contributed by atoms with Gasteiger partial charge in [-0.2, -0.15) is 0 Å². The van der Waals surface area contributed by atoms with Crippen LogP contribution >= 0.6 is 0 Å². The number of benzene rings is 2. The molecular weight excluding hydrogens is 444 g/mol. The summed E-state index contributed by atoms with van der Waals surface area (Å²) in [5.74, 6) is -0.241. The maximum Gasteiger partial charge on any atom is 0.407 e. The lowest BCUT2D eigenvalue weighted by Crippen LogP contribution is -2.50. The Labute approximate surface area is 204 Å². The van der Waals surface area contributed by atoms with E-state index in [0.717, 1.165) is 19.3 Å². The molecule has 7 nitrogen and oxygen atoms in total. The number of carbonyl (C=O) groups excluding carboxylic acids is 2. The van der Waals surface area contributed by atoms with Crippen molar-refractivity contribution in [3.63, 3.8) is 0 Å². The molecule has 2 amide bonds. The highest BCUT2D eigenvalue weighted by Crippen LogP contribution is 2.50. The van der Waals surface area contributed by atoms with Crippen molar-refractivity contribution >= 4 is 18.0 Å². The zero-order chi connectivity index (χ0) is 24.2. The third-order valence-electron chi connectivity index (χ3n) is 8.75. The lowest BCUT2D eigenvalue weighted by molar-refractivity contribution is -0.143. The number of fused-ring (bicyclic) bond motifs is 4. The molecule has 0 aromatic heterocycles. The van der Waals surface area contributed by atoms with Crippen LogP contribution in [0.15, 0.2) is 48.5 Å². The van der Waals surface area contributed by atoms with Gasteiger partial charge in [0.1, 0.15) is 6.61 Å². The van der Waals surface area contributed by atoms with Crippen LogP contribution in [0.4, 0.5) is 4.79 Å². The van der Waals surface area contributed by atoms with Crippen molar-refractivity contribution in [2.24, 2.45) is 23.2 Å². The Hall–Kier alpha value is -3.35. The fourth-order valence-electron chi connectivity index (χ4n) is 6.42. The molecule has 4 unspecified atom stereocenters. The summed E-state index contributed by atoms with van der Waals surface area (Å²) in [7, 11) is 0. The maximum absolute atomic E-state index is 12.6. The Morgan fingerprint density at radius 3 is 2.23 bits per heavy atom. The van der Waals surface area contributed by atoms with Gasteiger partial charge >= 0.3 is 12.1 Å². The second-order valence-corrected chi connectivity index (χ2v) is 10.7. The summed E-state index contributed by atoms with van der Waals surface area (Å²) in [5, 5.41) is 15.2. The van der Waals surface area contributed by atoms with Gasteiger partial charge in [0.25, 0.3) is 0 Å². The molecular formula is C28H30N2O5. The second kappa shape index (κ2) is 8.40. The molecule has 6 rings (SSSR count). The molecule has 2 aromatic rings. The van der Waals surface area contributed by atoms with Crippen LogP contribution in [-0.2, 0) is 14.3 Å². The van der Waals surface area contributed by atoms with E-state index in [1.54, 1.807) is 0 Å². The number of hydrogen-bond acceptors (Lipinski definition) is 4. The Morgan fingerprint density at radius 2 is 1.60 bits per heavy atom. The van der Waals surface area contributed by atoms with E-state index < -0.39 is 17.5 Å². The van der Waals surface area contributed by atoms with E-state index in [2.05, 4.69) is 34.9 Å². The number of rotatable bonds is 7. The zero-order valence-electron chi connectivity index (χ0n) is 19.5. The van der Waals surface area contributed by atoms with Crippen LogP contribution in [-0.4, -0.2) is 42.3 Å². The third kappa shape index (κ3) is 3.87. The second-order valence-electron chi connectivity index (χ2n) is 10.7. The molecule has 0 aliphatic heterocycles. The predicted molar refractivity (Wildman–Crippen MR) is 129 cm³/mol. The van der Waals surface area contributed by atoms with Crippen molar-refractivity contribution in [3.05, 3.63) is 59.7 Å². The van der Waals surface area contributed by atoms with E-state index in [4.69, 9.17) is 4.74 Å². The standard InChI is InChI=1S/C28H30N2O5/c31-25(29-15-28(9-10-28)26(32)33)17-11-16-13-24(22(16)12-17)30-27(34)35-14-23-20-7-3-1-5-18(20)19-6-2-4-8-21(19)23/h1-8,16-17,22-24H,9-15H2,(H,29,31)(H,30,34)(H,32,33). The number of carboxylic acid groups (broad SMARTS) is 1. The molecule has 0 spiro atoms. The van der Waals surface area contributed by atoms with Crippen molar-refractivity contribution in [2.45, 2.75) is 44.1 Å². The van der Waals surface area contributed by atoms with Gasteiger partial charge in [0.05, 0.1) is 5.41 Å². The van der Waals surface area contributed by atoms with Gasteiger partial charge in [-0.05, 0) is 66.2 Å². The van der Waals surface area contributed by atoms with Gasteiger partial charge in [-0.25, -0.2) is 4.79 Å². The van der Waals surface area contributed by atoms with E-state index in [1.807, 2.05) is 24.3 Å². The lowest BCUT2D eigenvalue weighted by Gasteiger charge is -2.40. The first kappa shape index (κ1) is 22.1. The SMILES string of the molecule is O=C(NC1CC2CC(C(=O)NCC3(C(=O)O)CC3)CC21)OCC1c2ccccc2-c2ccccc21. The number of carboxylic acids is 1. The summed E-state index contributed by atoms with van der Waals surface area (Å²) in [6, 6.07) is 16.6. The first-order valence-corrected chi connectivity index (χ1v) is 12.6. The highest BCUT2D eigenvalue weighted by atomic mass is 16.5. The number of nitrogens with one attached hydrogen (secondary N) is 2. The van der Waals surface area contributed by atoms with E-state index in [-0.39, 0.29) is 42.9 Å². The minimum absolute atomic E-state index is 0.0299. The molecule has 4 aliphatic carbocycles. The molecule has 35 heavy (non-hydrogen) atoms. The largest absolute Gasteiger partial charge is 0.481 e. The predicted octanol–water partition coefficient (Wildman–Crippen LogP) is 3.92. The van der Waals surface area contributed by atoms with Gasteiger partial charge < -0.3 is 20.5 Å². The highest BCUT2D eigenvalue weighted by Gasteiger charge is 2.52. The molecule has 4 aliphatic rings. The Bertz CT molecular complexity index is 1140. The summed E-state index contributed by atoms with van der Waals surface area (Å²) < 4.78 is 5.69. The Kier molecular flexibility index (Phi) is 5.31. The van der Waals surface area contributed by atoms with E-state index in [0.29, 0.717) is 18.8 Å². The summed E-state index contributed by atoms with van der Waals surface area (Å²) in [6.45, 7) is 0.505. The Balaban J connectivity index is 1.00. The monoisotopic (exact) mass is 474 g/mol. The number of carbonyl (C=O) groups is 3. The van der Waals surface area contributed by atoms with Crippen LogP contribution in [0, 0.1) is 23.2 Å². The van der Waals surface area contributed by atoms with Crippen LogP contribution in [0.25, 0.3) is 11.1 Å². The highest BCUT2D eigenvalue weighted by molar-refractivity contribution is 5.82. The van der Waals surface area contributed by atoms with Gasteiger partial charge in [0, 0.05) is 24.4 Å². The van der Waals surface area contributed by atoms with Crippen LogP contribution in [0.2, 0.25) is 0 Å². The topological polar surface area (TPSA) is 105 Å². The summed E-state index contributed by atoms with van der Waals surface area (Å²) in [4.78, 5) is 36.6. The number of aliphatic carboxylic acids is 1. The van der Waals surface area contributed by atoms with Crippen LogP contribution in [0.5, 0.6) is 0 Å². The average Bonchev–Trinajstić information content (AvgIpc) is 3.49. The average molecular weight is 475 g/mol. The molecule has 0 radical (unpaired) electrons. The van der Waals surface area contributed by atoms with E-state index >= 15 is 0 Å². The summed E-state index contributed by atoms with van der Waals surface area (Å²) in [5.41, 5.74) is 4.02. The quantitative estimate of drug-likeness (QED) is 0.564. The normalized spacial score (nSPS) is 27.1. The molecule has 3 N–H and O–H groups in total. The third-order valence-corrected chi connectivity index (χ3v) is 8.75. The van der Waals surface area contributed by atoms with Crippen LogP contribution in [0.1, 0.15) is 49.1 Å². The van der Waals surface area contributed by atoms with Gasteiger partial charge in [-0.3, -0.25) is 9.59 Å². The van der Waals surface area contributed by atoms with Crippen LogP contribution < -0.4 is 10.6 Å². The van der Waals surface area contributed by atoms with Crippen molar-refractivity contribution in [1.82, 2.24) is 10.6 Å². The number of alkyl carbamates (subject to hydrolysis) is 1. The van der Waals surface area contributed by atoms with Gasteiger partial charge in [0.2, 0.25) is 5.91 Å². The molecule has 182 valence electrons. The maximum atomic E-state index is 12.6. The first-order valence-electron chi connectivity index (χ1n) is 12.6. The van der Waals surface area contributed by atoms with Crippen LogP contribution in [0.3, 0.4) is 0 Å². The fourth-order valence-corrected chi connectivity index (χ4v) is 6.42. The van der Waals surface area contributed by atoms with Crippen molar-refractivity contribution in [2.75, 3.05) is 13.2 Å². The van der Waals surface area contributed by atoms with Crippen molar-refractivity contribution in [3.8, 4) is 11.1 Å². The number of hydrogen-bond donors (Lipinski definition) is 3. The minimum Gasteiger partial charge on any atom is -0.481 e. The van der Waals surface area contributed by atoms with E-state index in [1.165, 1.54) is 22.3 Å². The molecule has 4 atom stereocenters. The molecule has 0 saturated heterocycles. The molecule has 3 fully saturated rings. The minimum atomic E-state index is -0.823. The number of amides is 2. The molecule has 2 aromatic carbocycles. The molecule has 0 bridgehead atoms.